The summed E-state index contributed by atoms with van der Waals surface area (Å²) < 4.78 is 0. The highest BCUT2D eigenvalue weighted by Gasteiger charge is 2.62. The quantitative estimate of drug-likeness (QED) is 0.675. The summed E-state index contributed by atoms with van der Waals surface area (Å²) in [5.74, 6) is 0.158. The summed E-state index contributed by atoms with van der Waals surface area (Å²) in [6.07, 6.45) is 4.75. The SMILES string of the molecule is CCCC(C)C1C(CCCC(=O)O)[C@@]2(C)CC[C@@H](O)C2[C@H]1O. The molecule has 2 saturated carbocycles. The van der Waals surface area contributed by atoms with Crippen molar-refractivity contribution in [2.24, 2.45) is 29.1 Å². The van der Waals surface area contributed by atoms with Crippen molar-refractivity contribution in [2.75, 3.05) is 0 Å². The summed E-state index contributed by atoms with van der Waals surface area (Å²) in [6.45, 7) is 6.58. The Kier molecular flexibility index (Phi) is 5.54. The molecule has 2 rings (SSSR count). The van der Waals surface area contributed by atoms with Crippen molar-refractivity contribution in [3.8, 4) is 0 Å². The fourth-order valence-electron chi connectivity index (χ4n) is 5.59. The molecular weight excluding hydrogens is 280 g/mol. The number of aliphatic hydroxyl groups is 2. The van der Waals surface area contributed by atoms with E-state index in [1.165, 1.54) is 0 Å². The summed E-state index contributed by atoms with van der Waals surface area (Å²) in [4.78, 5) is 10.8. The summed E-state index contributed by atoms with van der Waals surface area (Å²) in [5, 5.41) is 30.1. The van der Waals surface area contributed by atoms with Crippen molar-refractivity contribution in [3.05, 3.63) is 0 Å². The van der Waals surface area contributed by atoms with Crippen LogP contribution in [0.1, 0.15) is 65.7 Å². The minimum Gasteiger partial charge on any atom is -0.481 e. The molecule has 3 N–H and O–H groups in total. The zero-order valence-corrected chi connectivity index (χ0v) is 14.2. The monoisotopic (exact) mass is 312 g/mol. The van der Waals surface area contributed by atoms with Gasteiger partial charge in [0.1, 0.15) is 0 Å². The predicted octanol–water partition coefficient (Wildman–Crippen LogP) is 3.06. The lowest BCUT2D eigenvalue weighted by Gasteiger charge is -2.35. The molecule has 4 nitrogen and oxygen atoms in total. The molecule has 0 aromatic rings. The second-order valence-electron chi connectivity index (χ2n) is 7.86. The third-order valence-electron chi connectivity index (χ3n) is 6.54. The number of hydrogen-bond acceptors (Lipinski definition) is 3. The van der Waals surface area contributed by atoms with E-state index in [-0.39, 0.29) is 23.7 Å². The van der Waals surface area contributed by atoms with Crippen LogP contribution in [-0.4, -0.2) is 33.5 Å². The van der Waals surface area contributed by atoms with Gasteiger partial charge in [0.15, 0.2) is 0 Å². The molecular formula is C18H32O4. The van der Waals surface area contributed by atoms with Crippen LogP contribution in [0.15, 0.2) is 0 Å². The lowest BCUT2D eigenvalue weighted by atomic mass is 9.69. The summed E-state index contributed by atoms with van der Waals surface area (Å²) in [7, 11) is 0. The zero-order valence-electron chi connectivity index (χ0n) is 14.2. The molecule has 0 aromatic carbocycles. The molecule has 128 valence electrons. The van der Waals surface area contributed by atoms with E-state index >= 15 is 0 Å². The summed E-state index contributed by atoms with van der Waals surface area (Å²) in [5.41, 5.74) is -0.0377. The highest BCUT2D eigenvalue weighted by molar-refractivity contribution is 5.66. The Morgan fingerprint density at radius 3 is 2.64 bits per heavy atom. The van der Waals surface area contributed by atoms with Gasteiger partial charge in [0, 0.05) is 12.3 Å². The maximum absolute atomic E-state index is 10.9. The molecule has 2 fully saturated rings. The topological polar surface area (TPSA) is 77.8 Å². The number of hydrogen-bond donors (Lipinski definition) is 3. The van der Waals surface area contributed by atoms with E-state index in [9.17, 15) is 15.0 Å². The number of carboxylic acid groups (broad SMARTS) is 1. The highest BCUT2D eigenvalue weighted by atomic mass is 16.4. The van der Waals surface area contributed by atoms with E-state index in [0.717, 1.165) is 32.1 Å². The first kappa shape index (κ1) is 17.7. The average Bonchev–Trinajstić information content (AvgIpc) is 2.84. The molecule has 0 bridgehead atoms. The molecule has 0 saturated heterocycles. The first-order valence-electron chi connectivity index (χ1n) is 8.90. The highest BCUT2D eigenvalue weighted by Crippen LogP contribution is 2.62. The molecule has 0 aromatic heterocycles. The molecule has 2 aliphatic carbocycles. The number of aliphatic carboxylic acids is 1. The van der Waals surface area contributed by atoms with Crippen molar-refractivity contribution in [1.82, 2.24) is 0 Å². The number of aliphatic hydroxyl groups excluding tert-OH is 2. The van der Waals surface area contributed by atoms with E-state index in [1.807, 2.05) is 0 Å². The lowest BCUT2D eigenvalue weighted by molar-refractivity contribution is -0.137. The van der Waals surface area contributed by atoms with E-state index in [0.29, 0.717) is 18.3 Å². The van der Waals surface area contributed by atoms with Gasteiger partial charge < -0.3 is 15.3 Å². The van der Waals surface area contributed by atoms with Crippen LogP contribution in [-0.2, 0) is 4.79 Å². The Bertz CT molecular complexity index is 397. The normalized spacial score (nSPS) is 42.3. The van der Waals surface area contributed by atoms with Gasteiger partial charge in [-0.3, -0.25) is 4.79 Å². The number of rotatable bonds is 7. The maximum Gasteiger partial charge on any atom is 0.303 e. The Morgan fingerprint density at radius 2 is 2.05 bits per heavy atom. The van der Waals surface area contributed by atoms with Crippen LogP contribution >= 0.6 is 0 Å². The lowest BCUT2D eigenvalue weighted by Crippen LogP contribution is -2.33. The Balaban J connectivity index is 2.19. The van der Waals surface area contributed by atoms with Crippen LogP contribution < -0.4 is 0 Å². The van der Waals surface area contributed by atoms with Gasteiger partial charge in [0.2, 0.25) is 0 Å². The third-order valence-corrected chi connectivity index (χ3v) is 6.54. The van der Waals surface area contributed by atoms with Gasteiger partial charge in [-0.1, -0.05) is 33.6 Å². The number of fused-ring (bicyclic) bond motifs is 1. The molecule has 2 aliphatic rings. The molecule has 22 heavy (non-hydrogen) atoms. The predicted molar refractivity (Wildman–Crippen MR) is 85.4 cm³/mol. The second-order valence-corrected chi connectivity index (χ2v) is 7.86. The summed E-state index contributed by atoms with van der Waals surface area (Å²) in [6, 6.07) is 0. The van der Waals surface area contributed by atoms with Gasteiger partial charge in [-0.2, -0.15) is 0 Å². The van der Waals surface area contributed by atoms with Gasteiger partial charge in [-0.05, 0) is 48.9 Å². The van der Waals surface area contributed by atoms with Crippen LogP contribution in [0.5, 0.6) is 0 Å². The van der Waals surface area contributed by atoms with Gasteiger partial charge >= 0.3 is 5.97 Å². The molecule has 7 atom stereocenters. The van der Waals surface area contributed by atoms with Crippen molar-refractivity contribution in [1.29, 1.82) is 0 Å². The smallest absolute Gasteiger partial charge is 0.303 e. The zero-order chi connectivity index (χ0) is 16.5. The second kappa shape index (κ2) is 6.88. The van der Waals surface area contributed by atoms with Gasteiger partial charge in [-0.25, -0.2) is 0 Å². The van der Waals surface area contributed by atoms with Crippen molar-refractivity contribution in [3.63, 3.8) is 0 Å². The van der Waals surface area contributed by atoms with Crippen molar-refractivity contribution >= 4 is 5.97 Å². The first-order valence-corrected chi connectivity index (χ1v) is 8.90. The molecule has 4 heteroatoms. The molecule has 0 amide bonds. The fourth-order valence-corrected chi connectivity index (χ4v) is 5.59. The van der Waals surface area contributed by atoms with E-state index in [1.54, 1.807) is 0 Å². The molecule has 0 aliphatic heterocycles. The first-order chi connectivity index (χ1) is 10.3. The van der Waals surface area contributed by atoms with Crippen LogP contribution in [0, 0.1) is 29.1 Å². The summed E-state index contributed by atoms with van der Waals surface area (Å²) >= 11 is 0. The van der Waals surface area contributed by atoms with Crippen LogP contribution in [0.3, 0.4) is 0 Å². The maximum atomic E-state index is 10.9. The van der Waals surface area contributed by atoms with E-state index in [4.69, 9.17) is 5.11 Å². The number of carbonyl (C=O) groups is 1. The van der Waals surface area contributed by atoms with Crippen LogP contribution in [0.4, 0.5) is 0 Å². The van der Waals surface area contributed by atoms with Crippen molar-refractivity contribution in [2.45, 2.75) is 77.9 Å². The minimum absolute atomic E-state index is 0.0355. The molecule has 0 spiro atoms. The van der Waals surface area contributed by atoms with Gasteiger partial charge in [0.05, 0.1) is 12.2 Å². The number of carboxylic acids is 1. The van der Waals surface area contributed by atoms with E-state index < -0.39 is 18.2 Å². The molecule has 0 heterocycles. The standard InChI is InChI=1S/C18H32O4/c1-4-6-11(2)15-12(7-5-8-14(20)21)18(3)10-9-13(19)16(18)17(15)22/h11-13,15-17,19,22H,4-10H2,1-3H3,(H,20,21)/t11?,12?,13-,15?,16?,17+,18-/m1/s1. The minimum atomic E-state index is -0.745. The Morgan fingerprint density at radius 1 is 1.36 bits per heavy atom. The van der Waals surface area contributed by atoms with Gasteiger partial charge in [0.25, 0.3) is 0 Å². The Hall–Kier alpha value is -0.610. The Labute approximate surface area is 133 Å². The van der Waals surface area contributed by atoms with E-state index in [2.05, 4.69) is 20.8 Å². The third kappa shape index (κ3) is 3.05. The largest absolute Gasteiger partial charge is 0.481 e. The van der Waals surface area contributed by atoms with Crippen LogP contribution in [0.2, 0.25) is 0 Å². The average molecular weight is 312 g/mol. The van der Waals surface area contributed by atoms with Crippen molar-refractivity contribution < 1.29 is 20.1 Å². The van der Waals surface area contributed by atoms with Gasteiger partial charge in [-0.15, -0.1) is 0 Å². The molecule has 0 radical (unpaired) electrons. The van der Waals surface area contributed by atoms with Crippen LogP contribution in [0.25, 0.3) is 0 Å². The fraction of sp³-hybridized carbons (Fsp3) is 0.944. The molecule has 4 unspecified atom stereocenters.